The van der Waals surface area contributed by atoms with E-state index in [1.165, 1.54) is 38.8 Å². The highest BCUT2D eigenvalue weighted by Gasteiger charge is 2.16. The van der Waals surface area contributed by atoms with Crippen LogP contribution in [-0.2, 0) is 0 Å². The minimum atomic E-state index is 0.401. The molecule has 1 aliphatic heterocycles. The molecule has 0 radical (unpaired) electrons. The largest absolute Gasteiger partial charge is 0.327 e. The molecule has 1 atom stereocenters. The lowest BCUT2D eigenvalue weighted by molar-refractivity contribution is 0.180. The van der Waals surface area contributed by atoms with Crippen molar-refractivity contribution in [3.63, 3.8) is 0 Å². The standard InChI is InChI=1S/C11H24N2/c1-3-4-11(12)9-13-7-5-10(2)6-8-13/h10-11H,3-9,12H2,1-2H3/t11-/m1/s1. The van der Waals surface area contributed by atoms with Gasteiger partial charge in [0, 0.05) is 12.6 Å². The fourth-order valence-electron chi connectivity index (χ4n) is 2.04. The van der Waals surface area contributed by atoms with Crippen LogP contribution in [0.3, 0.4) is 0 Å². The van der Waals surface area contributed by atoms with Gasteiger partial charge in [0.25, 0.3) is 0 Å². The molecule has 0 saturated carbocycles. The van der Waals surface area contributed by atoms with E-state index >= 15 is 0 Å². The maximum atomic E-state index is 6.01. The van der Waals surface area contributed by atoms with Gasteiger partial charge in [-0.1, -0.05) is 20.3 Å². The molecule has 1 saturated heterocycles. The molecular formula is C11H24N2. The first kappa shape index (κ1) is 11.0. The minimum absolute atomic E-state index is 0.401. The van der Waals surface area contributed by atoms with Crippen molar-refractivity contribution in [2.75, 3.05) is 19.6 Å². The maximum absolute atomic E-state index is 6.01. The van der Waals surface area contributed by atoms with Crippen LogP contribution in [0.25, 0.3) is 0 Å². The van der Waals surface area contributed by atoms with E-state index in [9.17, 15) is 0 Å². The molecule has 2 nitrogen and oxygen atoms in total. The Labute approximate surface area is 82.5 Å². The van der Waals surface area contributed by atoms with Crippen LogP contribution >= 0.6 is 0 Å². The molecule has 0 aliphatic carbocycles. The number of hydrogen-bond acceptors (Lipinski definition) is 2. The average Bonchev–Trinajstić information content (AvgIpc) is 2.09. The summed E-state index contributed by atoms with van der Waals surface area (Å²) < 4.78 is 0. The highest BCUT2D eigenvalue weighted by atomic mass is 15.1. The second-order valence-electron chi connectivity index (χ2n) is 4.53. The van der Waals surface area contributed by atoms with E-state index in [1.807, 2.05) is 0 Å². The van der Waals surface area contributed by atoms with Gasteiger partial charge in [0.1, 0.15) is 0 Å². The number of piperidine rings is 1. The smallest absolute Gasteiger partial charge is 0.0167 e. The predicted molar refractivity (Wildman–Crippen MR) is 57.7 cm³/mol. The molecular weight excluding hydrogens is 160 g/mol. The van der Waals surface area contributed by atoms with Crippen molar-refractivity contribution >= 4 is 0 Å². The highest BCUT2D eigenvalue weighted by molar-refractivity contribution is 4.73. The Balaban J connectivity index is 2.14. The normalized spacial score (nSPS) is 23.3. The molecule has 0 unspecified atom stereocenters. The molecule has 0 aromatic heterocycles. The SMILES string of the molecule is CCC[C@@H](N)CN1CCC(C)CC1. The monoisotopic (exact) mass is 184 g/mol. The van der Waals surface area contributed by atoms with Crippen LogP contribution in [0.5, 0.6) is 0 Å². The maximum Gasteiger partial charge on any atom is 0.0167 e. The Bertz CT molecular complexity index is 128. The van der Waals surface area contributed by atoms with Gasteiger partial charge >= 0.3 is 0 Å². The summed E-state index contributed by atoms with van der Waals surface area (Å²) in [6.07, 6.45) is 5.11. The topological polar surface area (TPSA) is 29.3 Å². The van der Waals surface area contributed by atoms with Gasteiger partial charge in [-0.05, 0) is 38.3 Å². The third-order valence-corrected chi connectivity index (χ3v) is 3.03. The summed E-state index contributed by atoms with van der Waals surface area (Å²) in [7, 11) is 0. The second-order valence-corrected chi connectivity index (χ2v) is 4.53. The fourth-order valence-corrected chi connectivity index (χ4v) is 2.04. The summed E-state index contributed by atoms with van der Waals surface area (Å²) in [5.41, 5.74) is 6.01. The summed E-state index contributed by atoms with van der Waals surface area (Å²) in [5.74, 6) is 0.929. The van der Waals surface area contributed by atoms with Crippen LogP contribution in [0.15, 0.2) is 0 Å². The molecule has 1 rings (SSSR count). The van der Waals surface area contributed by atoms with E-state index in [-0.39, 0.29) is 0 Å². The quantitative estimate of drug-likeness (QED) is 0.722. The molecule has 0 spiro atoms. The fraction of sp³-hybridized carbons (Fsp3) is 1.00. The van der Waals surface area contributed by atoms with Gasteiger partial charge in [-0.25, -0.2) is 0 Å². The summed E-state index contributed by atoms with van der Waals surface area (Å²) in [6, 6.07) is 0.401. The van der Waals surface area contributed by atoms with Crippen molar-refractivity contribution < 1.29 is 0 Å². The first-order chi connectivity index (χ1) is 6.22. The van der Waals surface area contributed by atoms with Crippen molar-refractivity contribution in [1.29, 1.82) is 0 Å². The molecule has 2 heteroatoms. The average molecular weight is 184 g/mol. The number of nitrogens with two attached hydrogens (primary N) is 1. The minimum Gasteiger partial charge on any atom is -0.327 e. The number of likely N-dealkylation sites (tertiary alicyclic amines) is 1. The molecule has 1 fully saturated rings. The van der Waals surface area contributed by atoms with Crippen LogP contribution in [0.2, 0.25) is 0 Å². The van der Waals surface area contributed by atoms with Crippen molar-refractivity contribution in [2.45, 2.75) is 45.6 Å². The Morgan fingerprint density at radius 2 is 2.00 bits per heavy atom. The van der Waals surface area contributed by atoms with E-state index in [0.717, 1.165) is 12.5 Å². The third-order valence-electron chi connectivity index (χ3n) is 3.03. The van der Waals surface area contributed by atoms with Gasteiger partial charge in [-0.15, -0.1) is 0 Å². The van der Waals surface area contributed by atoms with Crippen LogP contribution in [0, 0.1) is 5.92 Å². The van der Waals surface area contributed by atoms with Gasteiger partial charge in [0.05, 0.1) is 0 Å². The van der Waals surface area contributed by atoms with E-state index < -0.39 is 0 Å². The lowest BCUT2D eigenvalue weighted by atomic mass is 9.98. The van der Waals surface area contributed by atoms with Crippen LogP contribution < -0.4 is 5.73 Å². The van der Waals surface area contributed by atoms with Gasteiger partial charge in [0.2, 0.25) is 0 Å². The van der Waals surface area contributed by atoms with E-state index in [4.69, 9.17) is 5.73 Å². The summed E-state index contributed by atoms with van der Waals surface area (Å²) in [6.45, 7) is 8.19. The second kappa shape index (κ2) is 5.61. The molecule has 2 N–H and O–H groups in total. The van der Waals surface area contributed by atoms with E-state index in [1.54, 1.807) is 0 Å². The lowest BCUT2D eigenvalue weighted by Crippen LogP contribution is -2.41. The molecule has 0 aromatic rings. The van der Waals surface area contributed by atoms with E-state index in [2.05, 4.69) is 18.7 Å². The zero-order valence-electron chi connectivity index (χ0n) is 9.13. The molecule has 78 valence electrons. The van der Waals surface area contributed by atoms with Crippen molar-refractivity contribution in [1.82, 2.24) is 4.90 Å². The molecule has 1 heterocycles. The molecule has 0 bridgehead atoms. The van der Waals surface area contributed by atoms with Crippen LogP contribution in [0.1, 0.15) is 39.5 Å². The van der Waals surface area contributed by atoms with Crippen LogP contribution in [-0.4, -0.2) is 30.6 Å². The van der Waals surface area contributed by atoms with Gasteiger partial charge < -0.3 is 10.6 Å². The molecule has 1 aliphatic rings. The molecule has 0 aromatic carbocycles. The summed E-state index contributed by atoms with van der Waals surface area (Å²) in [4.78, 5) is 2.53. The molecule has 13 heavy (non-hydrogen) atoms. The van der Waals surface area contributed by atoms with Gasteiger partial charge in [0.15, 0.2) is 0 Å². The van der Waals surface area contributed by atoms with Crippen LogP contribution in [0.4, 0.5) is 0 Å². The zero-order valence-corrected chi connectivity index (χ0v) is 9.13. The third kappa shape index (κ3) is 4.10. The summed E-state index contributed by atoms with van der Waals surface area (Å²) in [5, 5.41) is 0. The first-order valence-electron chi connectivity index (χ1n) is 5.70. The Hall–Kier alpha value is -0.0800. The number of rotatable bonds is 4. The summed E-state index contributed by atoms with van der Waals surface area (Å²) >= 11 is 0. The molecule has 0 amide bonds. The van der Waals surface area contributed by atoms with Crippen molar-refractivity contribution in [2.24, 2.45) is 11.7 Å². The Kier molecular flexibility index (Phi) is 4.74. The lowest BCUT2D eigenvalue weighted by Gasteiger charge is -2.31. The van der Waals surface area contributed by atoms with Crippen molar-refractivity contribution in [3.05, 3.63) is 0 Å². The van der Waals surface area contributed by atoms with Crippen molar-refractivity contribution in [3.8, 4) is 0 Å². The van der Waals surface area contributed by atoms with Gasteiger partial charge in [-0.2, -0.15) is 0 Å². The Morgan fingerprint density at radius 3 is 2.54 bits per heavy atom. The Morgan fingerprint density at radius 1 is 1.38 bits per heavy atom. The number of nitrogens with zero attached hydrogens (tertiary/aromatic N) is 1. The van der Waals surface area contributed by atoms with Gasteiger partial charge in [-0.3, -0.25) is 0 Å². The van der Waals surface area contributed by atoms with E-state index in [0.29, 0.717) is 6.04 Å². The zero-order chi connectivity index (χ0) is 9.68. The number of hydrogen-bond donors (Lipinski definition) is 1. The predicted octanol–water partition coefficient (Wildman–Crippen LogP) is 1.85. The first-order valence-corrected chi connectivity index (χ1v) is 5.70. The highest BCUT2D eigenvalue weighted by Crippen LogP contribution is 2.16.